The van der Waals surface area contributed by atoms with Crippen molar-refractivity contribution in [3.63, 3.8) is 0 Å². The third-order valence-electron chi connectivity index (χ3n) is 5.75. The van der Waals surface area contributed by atoms with Gasteiger partial charge in [-0.15, -0.1) is 0 Å². The van der Waals surface area contributed by atoms with Gasteiger partial charge in [0, 0.05) is 17.9 Å². The maximum Gasteiger partial charge on any atom is 0.421 e. The fourth-order valence-corrected chi connectivity index (χ4v) is 3.22. The predicted molar refractivity (Wildman–Crippen MR) is 99.5 cm³/mol. The lowest BCUT2D eigenvalue weighted by Crippen LogP contribution is -2.24. The third kappa shape index (κ3) is 3.60. The number of alkyl halides is 3. The number of anilines is 3. The van der Waals surface area contributed by atoms with Crippen molar-refractivity contribution in [2.45, 2.75) is 57.8 Å². The van der Waals surface area contributed by atoms with Crippen LogP contribution in [0.1, 0.15) is 50.4 Å². The van der Waals surface area contributed by atoms with Gasteiger partial charge in [0.25, 0.3) is 0 Å². The van der Waals surface area contributed by atoms with Gasteiger partial charge in [-0.25, -0.2) is 4.98 Å². The molecule has 0 aromatic carbocycles. The van der Waals surface area contributed by atoms with Crippen LogP contribution in [-0.4, -0.2) is 31.2 Å². The van der Waals surface area contributed by atoms with E-state index in [2.05, 4.69) is 25.7 Å². The monoisotopic (exact) mass is 409 g/mol. The Morgan fingerprint density at radius 2 is 2.03 bits per heavy atom. The smallest absolute Gasteiger partial charge is 0.369 e. The summed E-state index contributed by atoms with van der Waals surface area (Å²) in [6.45, 7) is 5.37. The lowest BCUT2D eigenvalue weighted by atomic mass is 10.1. The number of aromatic nitrogens is 4. The summed E-state index contributed by atoms with van der Waals surface area (Å²) in [4.78, 5) is 19.5. The van der Waals surface area contributed by atoms with Gasteiger partial charge in [0.2, 0.25) is 11.9 Å². The minimum absolute atomic E-state index is 0.0286. The van der Waals surface area contributed by atoms with Crippen LogP contribution in [0.15, 0.2) is 12.4 Å². The number of amides is 1. The largest absolute Gasteiger partial charge is 0.421 e. The molecule has 1 amide bonds. The number of nitrogens with one attached hydrogen (secondary N) is 2. The first-order valence-corrected chi connectivity index (χ1v) is 9.26. The van der Waals surface area contributed by atoms with Crippen molar-refractivity contribution in [3.8, 4) is 0 Å². The summed E-state index contributed by atoms with van der Waals surface area (Å²) < 4.78 is 41.6. The van der Waals surface area contributed by atoms with Crippen LogP contribution in [0.3, 0.4) is 0 Å². The summed E-state index contributed by atoms with van der Waals surface area (Å²) in [7, 11) is 0. The molecule has 0 radical (unpaired) electrons. The van der Waals surface area contributed by atoms with E-state index >= 15 is 0 Å². The summed E-state index contributed by atoms with van der Waals surface area (Å²) in [5.74, 6) is -0.607. The normalized spacial score (nSPS) is 24.8. The van der Waals surface area contributed by atoms with Crippen LogP contribution in [0.4, 0.5) is 30.6 Å². The van der Waals surface area contributed by atoms with Gasteiger partial charge >= 0.3 is 6.18 Å². The highest BCUT2D eigenvalue weighted by molar-refractivity contribution is 5.84. The van der Waals surface area contributed by atoms with Gasteiger partial charge in [-0.3, -0.25) is 9.48 Å². The Bertz CT molecular complexity index is 982. The molecule has 4 rings (SSSR count). The number of rotatable bonds is 6. The molecule has 4 N–H and O–H groups in total. The standard InChI is InChI=1S/C18H22F3N7O/c1-9-11(8-28(27-9)12-6-17(12,3)14(22)29)24-15-23-7-10(18(19,20)21)13(25-15)26-16(2)4-5-16/h7-8,12H,4-6H2,1-3H3,(H2,22,29)(H2,23,24,25,26). The van der Waals surface area contributed by atoms with Crippen molar-refractivity contribution in [1.29, 1.82) is 0 Å². The summed E-state index contributed by atoms with van der Waals surface area (Å²) >= 11 is 0. The van der Waals surface area contributed by atoms with E-state index in [0.29, 0.717) is 17.8 Å². The van der Waals surface area contributed by atoms with Crippen molar-refractivity contribution >= 4 is 23.4 Å². The number of nitrogens with zero attached hydrogens (tertiary/aromatic N) is 4. The average Bonchev–Trinajstić information content (AvgIpc) is 3.47. The highest BCUT2D eigenvalue weighted by Crippen LogP contribution is 2.55. The van der Waals surface area contributed by atoms with Crippen LogP contribution in [0, 0.1) is 12.3 Å². The van der Waals surface area contributed by atoms with Crippen molar-refractivity contribution in [2.24, 2.45) is 11.1 Å². The molecule has 29 heavy (non-hydrogen) atoms. The maximum absolute atomic E-state index is 13.3. The van der Waals surface area contributed by atoms with E-state index in [1.807, 2.05) is 6.92 Å². The van der Waals surface area contributed by atoms with Gasteiger partial charge in [0.05, 0.1) is 22.8 Å². The second kappa shape index (κ2) is 6.07. The molecule has 0 saturated heterocycles. The zero-order valence-corrected chi connectivity index (χ0v) is 16.3. The van der Waals surface area contributed by atoms with E-state index in [1.54, 1.807) is 24.7 Å². The molecule has 8 nitrogen and oxygen atoms in total. The van der Waals surface area contributed by atoms with Gasteiger partial charge in [-0.05, 0) is 40.0 Å². The summed E-state index contributed by atoms with van der Waals surface area (Å²) in [5.41, 5.74) is 4.67. The van der Waals surface area contributed by atoms with Crippen LogP contribution in [-0.2, 0) is 11.0 Å². The molecular formula is C18H22F3N7O. The first-order chi connectivity index (χ1) is 13.4. The van der Waals surface area contributed by atoms with Gasteiger partial charge in [-0.2, -0.15) is 23.3 Å². The lowest BCUT2D eigenvalue weighted by Gasteiger charge is -2.18. The Morgan fingerprint density at radius 3 is 2.59 bits per heavy atom. The third-order valence-corrected chi connectivity index (χ3v) is 5.75. The number of primary amides is 1. The number of halogens is 3. The molecular weight excluding hydrogens is 387 g/mol. The summed E-state index contributed by atoms with van der Waals surface area (Å²) in [5, 5.41) is 10.2. The number of nitrogens with two attached hydrogens (primary N) is 1. The predicted octanol–water partition coefficient (Wildman–Crippen LogP) is 3.14. The number of hydrogen-bond acceptors (Lipinski definition) is 6. The summed E-state index contributed by atoms with van der Waals surface area (Å²) in [6, 6.07) is -0.144. The Morgan fingerprint density at radius 1 is 1.34 bits per heavy atom. The Labute approximate surface area is 165 Å². The summed E-state index contributed by atoms with van der Waals surface area (Å²) in [6.07, 6.45) is 0.0507. The SMILES string of the molecule is Cc1nn(C2CC2(C)C(N)=O)cc1Nc1ncc(C(F)(F)F)c(NC2(C)CC2)n1. The molecule has 2 atom stereocenters. The maximum atomic E-state index is 13.3. The van der Waals surface area contributed by atoms with Crippen LogP contribution in [0.2, 0.25) is 0 Å². The zero-order valence-electron chi connectivity index (χ0n) is 16.3. The number of carbonyl (C=O) groups is 1. The molecule has 11 heteroatoms. The Balaban J connectivity index is 1.58. The van der Waals surface area contributed by atoms with Gasteiger partial charge < -0.3 is 16.4 Å². The van der Waals surface area contributed by atoms with Crippen molar-refractivity contribution in [2.75, 3.05) is 10.6 Å². The average molecular weight is 409 g/mol. The van der Waals surface area contributed by atoms with E-state index in [-0.39, 0.29) is 29.3 Å². The second-order valence-corrected chi connectivity index (χ2v) is 8.37. The minimum Gasteiger partial charge on any atom is -0.369 e. The van der Waals surface area contributed by atoms with E-state index in [9.17, 15) is 18.0 Å². The molecule has 2 heterocycles. The molecule has 2 aromatic rings. The molecule has 0 bridgehead atoms. The Hall–Kier alpha value is -2.85. The van der Waals surface area contributed by atoms with Crippen molar-refractivity contribution in [1.82, 2.24) is 19.7 Å². The van der Waals surface area contributed by atoms with E-state index in [1.165, 1.54) is 0 Å². The molecule has 0 spiro atoms. The van der Waals surface area contributed by atoms with Crippen LogP contribution in [0.25, 0.3) is 0 Å². The fourth-order valence-electron chi connectivity index (χ4n) is 3.22. The van der Waals surface area contributed by atoms with Crippen LogP contribution in [0.5, 0.6) is 0 Å². The van der Waals surface area contributed by atoms with E-state index in [0.717, 1.165) is 19.0 Å². The molecule has 156 valence electrons. The highest BCUT2D eigenvalue weighted by Gasteiger charge is 2.57. The van der Waals surface area contributed by atoms with Crippen LogP contribution < -0.4 is 16.4 Å². The van der Waals surface area contributed by atoms with Crippen molar-refractivity contribution < 1.29 is 18.0 Å². The van der Waals surface area contributed by atoms with Gasteiger partial charge in [0.15, 0.2) is 0 Å². The minimum atomic E-state index is -4.56. The van der Waals surface area contributed by atoms with E-state index in [4.69, 9.17) is 5.73 Å². The number of aryl methyl sites for hydroxylation is 1. The number of hydrogen-bond donors (Lipinski definition) is 3. The fraction of sp³-hybridized carbons (Fsp3) is 0.556. The zero-order chi connectivity index (χ0) is 21.2. The molecule has 2 aliphatic rings. The lowest BCUT2D eigenvalue weighted by molar-refractivity contribution is -0.137. The van der Waals surface area contributed by atoms with Crippen molar-refractivity contribution in [3.05, 3.63) is 23.7 Å². The molecule has 0 aliphatic heterocycles. The molecule has 2 saturated carbocycles. The highest BCUT2D eigenvalue weighted by atomic mass is 19.4. The topological polar surface area (TPSA) is 111 Å². The molecule has 2 aliphatic carbocycles. The van der Waals surface area contributed by atoms with E-state index < -0.39 is 17.2 Å². The van der Waals surface area contributed by atoms with Gasteiger partial charge in [0.1, 0.15) is 11.4 Å². The molecule has 2 aromatic heterocycles. The Kier molecular flexibility index (Phi) is 4.08. The molecule has 2 unspecified atom stereocenters. The first-order valence-electron chi connectivity index (χ1n) is 9.26. The first kappa shape index (κ1) is 19.5. The quantitative estimate of drug-likeness (QED) is 0.676. The molecule has 2 fully saturated rings. The number of carbonyl (C=O) groups excluding carboxylic acids is 1. The van der Waals surface area contributed by atoms with Crippen LogP contribution >= 0.6 is 0 Å². The second-order valence-electron chi connectivity index (χ2n) is 8.37. The van der Waals surface area contributed by atoms with Gasteiger partial charge in [-0.1, -0.05) is 0 Å².